The molecule has 0 aliphatic carbocycles. The van der Waals surface area contributed by atoms with Crippen molar-refractivity contribution in [2.45, 2.75) is 12.1 Å². The molecule has 106 valence electrons. The molecule has 1 aliphatic heterocycles. The lowest BCUT2D eigenvalue weighted by Crippen LogP contribution is -2.54. The van der Waals surface area contributed by atoms with Gasteiger partial charge in [-0.3, -0.25) is 4.90 Å². The molecule has 3 heteroatoms. The van der Waals surface area contributed by atoms with Crippen molar-refractivity contribution in [2.24, 2.45) is 0 Å². The third-order valence-electron chi connectivity index (χ3n) is 4.39. The summed E-state index contributed by atoms with van der Waals surface area (Å²) in [6.07, 6.45) is 0. The van der Waals surface area contributed by atoms with Crippen LogP contribution in [-0.2, 0) is 0 Å². The van der Waals surface area contributed by atoms with Gasteiger partial charge in [0.05, 0.1) is 0 Å². The molecule has 2 N–H and O–H groups in total. The second-order valence-corrected chi connectivity index (χ2v) is 5.63. The normalized spacial score (nSPS) is 22.0. The van der Waals surface area contributed by atoms with Crippen LogP contribution in [0.2, 0.25) is 0 Å². The Hall–Kier alpha value is -1.42. The van der Waals surface area contributed by atoms with Gasteiger partial charge in [-0.1, -0.05) is 36.4 Å². The average Bonchev–Trinajstić information content (AvgIpc) is 2.50. The Bertz CT molecular complexity index is 581. The summed E-state index contributed by atoms with van der Waals surface area (Å²) >= 11 is 0. The highest BCUT2D eigenvalue weighted by molar-refractivity contribution is 5.83. The summed E-state index contributed by atoms with van der Waals surface area (Å²) in [5.74, 6) is 0. The van der Waals surface area contributed by atoms with Gasteiger partial charge in [0, 0.05) is 31.7 Å². The van der Waals surface area contributed by atoms with E-state index in [9.17, 15) is 0 Å². The Labute approximate surface area is 121 Å². The number of rotatable bonds is 3. The molecule has 2 atom stereocenters. The maximum atomic E-state index is 3.51. The summed E-state index contributed by atoms with van der Waals surface area (Å²) in [6.45, 7) is 3.23. The number of nitrogens with zero attached hydrogens (tertiary/aromatic N) is 1. The summed E-state index contributed by atoms with van der Waals surface area (Å²) in [5.41, 5.74) is 1.37. The van der Waals surface area contributed by atoms with Crippen molar-refractivity contribution in [3.05, 3.63) is 48.0 Å². The highest BCUT2D eigenvalue weighted by atomic mass is 15.2. The molecule has 0 aromatic heterocycles. The number of piperazine rings is 1. The molecule has 0 spiro atoms. The van der Waals surface area contributed by atoms with Crippen LogP contribution in [0.25, 0.3) is 10.8 Å². The van der Waals surface area contributed by atoms with Crippen molar-refractivity contribution in [3.8, 4) is 0 Å². The smallest absolute Gasteiger partial charge is 0.0488 e. The lowest BCUT2D eigenvalue weighted by Gasteiger charge is -2.38. The topological polar surface area (TPSA) is 27.3 Å². The van der Waals surface area contributed by atoms with Crippen molar-refractivity contribution in [3.63, 3.8) is 0 Å². The van der Waals surface area contributed by atoms with Crippen LogP contribution in [0.3, 0.4) is 0 Å². The first kappa shape index (κ1) is 13.6. The third-order valence-corrected chi connectivity index (χ3v) is 4.39. The zero-order valence-corrected chi connectivity index (χ0v) is 12.3. The van der Waals surface area contributed by atoms with Crippen molar-refractivity contribution in [1.29, 1.82) is 0 Å². The van der Waals surface area contributed by atoms with Crippen molar-refractivity contribution < 1.29 is 0 Å². The van der Waals surface area contributed by atoms with E-state index in [1.165, 1.54) is 16.3 Å². The van der Waals surface area contributed by atoms with Gasteiger partial charge in [-0.05, 0) is 36.5 Å². The monoisotopic (exact) mass is 269 g/mol. The van der Waals surface area contributed by atoms with Crippen LogP contribution in [0.5, 0.6) is 0 Å². The number of hydrogen-bond donors (Lipinski definition) is 2. The average molecular weight is 269 g/mol. The molecule has 2 unspecified atom stereocenters. The van der Waals surface area contributed by atoms with Crippen LogP contribution in [0.1, 0.15) is 11.6 Å². The summed E-state index contributed by atoms with van der Waals surface area (Å²) in [7, 11) is 4.28. The van der Waals surface area contributed by atoms with Crippen LogP contribution in [0, 0.1) is 0 Å². The summed E-state index contributed by atoms with van der Waals surface area (Å²) in [4.78, 5) is 2.45. The predicted octanol–water partition coefficient (Wildman–Crippen LogP) is 2.00. The fourth-order valence-electron chi connectivity index (χ4n) is 3.18. The van der Waals surface area contributed by atoms with E-state index in [4.69, 9.17) is 0 Å². The molecule has 3 nitrogen and oxygen atoms in total. The number of likely N-dealkylation sites (N-methyl/N-ethyl adjacent to an activating group) is 2. The van der Waals surface area contributed by atoms with Gasteiger partial charge >= 0.3 is 0 Å². The van der Waals surface area contributed by atoms with Gasteiger partial charge in [0.25, 0.3) is 0 Å². The van der Waals surface area contributed by atoms with Crippen LogP contribution >= 0.6 is 0 Å². The minimum Gasteiger partial charge on any atom is -0.314 e. The number of fused-ring (bicyclic) bond motifs is 1. The molecule has 2 aromatic carbocycles. The SMILES string of the molecule is CNC(c1ccc2ccccc2c1)C1CNCCN1C. The van der Waals surface area contributed by atoms with Crippen LogP contribution in [0.15, 0.2) is 42.5 Å². The summed E-state index contributed by atoms with van der Waals surface area (Å²) < 4.78 is 0. The minimum atomic E-state index is 0.359. The zero-order valence-electron chi connectivity index (χ0n) is 12.3. The van der Waals surface area contributed by atoms with Crippen LogP contribution < -0.4 is 10.6 Å². The van der Waals surface area contributed by atoms with Gasteiger partial charge in [0.2, 0.25) is 0 Å². The van der Waals surface area contributed by atoms with E-state index in [0.29, 0.717) is 12.1 Å². The van der Waals surface area contributed by atoms with Gasteiger partial charge in [-0.2, -0.15) is 0 Å². The molecule has 1 heterocycles. The van der Waals surface area contributed by atoms with E-state index in [1.807, 2.05) is 0 Å². The van der Waals surface area contributed by atoms with Crippen LogP contribution in [-0.4, -0.2) is 44.7 Å². The van der Waals surface area contributed by atoms with Crippen LogP contribution in [0.4, 0.5) is 0 Å². The highest BCUT2D eigenvalue weighted by Gasteiger charge is 2.27. The second-order valence-electron chi connectivity index (χ2n) is 5.63. The van der Waals surface area contributed by atoms with Crippen molar-refractivity contribution in [2.75, 3.05) is 33.7 Å². The molecule has 0 bridgehead atoms. The maximum Gasteiger partial charge on any atom is 0.0488 e. The molecular weight excluding hydrogens is 246 g/mol. The van der Waals surface area contributed by atoms with Crippen molar-refractivity contribution >= 4 is 10.8 Å². The molecule has 0 radical (unpaired) electrons. The fourth-order valence-corrected chi connectivity index (χ4v) is 3.18. The van der Waals surface area contributed by atoms with E-state index in [2.05, 4.69) is 72.1 Å². The van der Waals surface area contributed by atoms with E-state index in [0.717, 1.165) is 19.6 Å². The molecule has 0 saturated carbocycles. The molecular formula is C17H23N3. The maximum absolute atomic E-state index is 3.51. The first-order chi connectivity index (χ1) is 9.79. The van der Waals surface area contributed by atoms with Crippen molar-refractivity contribution in [1.82, 2.24) is 15.5 Å². The lowest BCUT2D eigenvalue weighted by molar-refractivity contribution is 0.162. The fraction of sp³-hybridized carbons (Fsp3) is 0.412. The highest BCUT2D eigenvalue weighted by Crippen LogP contribution is 2.25. The number of nitrogens with one attached hydrogen (secondary N) is 2. The van der Waals surface area contributed by atoms with E-state index >= 15 is 0 Å². The van der Waals surface area contributed by atoms with E-state index in [-0.39, 0.29) is 0 Å². The Morgan fingerprint density at radius 1 is 1.20 bits per heavy atom. The Morgan fingerprint density at radius 3 is 2.75 bits per heavy atom. The quantitative estimate of drug-likeness (QED) is 0.892. The van der Waals surface area contributed by atoms with E-state index in [1.54, 1.807) is 0 Å². The molecule has 0 amide bonds. The van der Waals surface area contributed by atoms with E-state index < -0.39 is 0 Å². The molecule has 2 aromatic rings. The molecule has 1 saturated heterocycles. The second kappa shape index (κ2) is 5.92. The van der Waals surface area contributed by atoms with Gasteiger partial charge < -0.3 is 10.6 Å². The largest absolute Gasteiger partial charge is 0.314 e. The predicted molar refractivity (Wildman–Crippen MR) is 85.0 cm³/mol. The number of benzene rings is 2. The third kappa shape index (κ3) is 2.57. The Balaban J connectivity index is 1.93. The summed E-state index contributed by atoms with van der Waals surface area (Å²) in [6, 6.07) is 16.2. The molecule has 3 rings (SSSR count). The first-order valence-electron chi connectivity index (χ1n) is 7.36. The lowest BCUT2D eigenvalue weighted by atomic mass is 9.95. The standard InChI is InChI=1S/C17H23N3/c1-18-17(16-12-19-9-10-20(16)2)15-8-7-13-5-3-4-6-14(13)11-15/h3-8,11,16-19H,9-10,12H2,1-2H3. The molecule has 20 heavy (non-hydrogen) atoms. The van der Waals surface area contributed by atoms with Gasteiger partial charge in [-0.15, -0.1) is 0 Å². The zero-order chi connectivity index (χ0) is 13.9. The van der Waals surface area contributed by atoms with Gasteiger partial charge in [0.1, 0.15) is 0 Å². The molecule has 1 aliphatic rings. The Morgan fingerprint density at radius 2 is 2.00 bits per heavy atom. The Kier molecular flexibility index (Phi) is 4.01. The summed E-state index contributed by atoms with van der Waals surface area (Å²) in [5, 5.41) is 9.63. The molecule has 1 fully saturated rings. The minimum absolute atomic E-state index is 0.359. The van der Waals surface area contributed by atoms with Gasteiger partial charge in [-0.25, -0.2) is 0 Å². The first-order valence-corrected chi connectivity index (χ1v) is 7.36. The number of hydrogen-bond acceptors (Lipinski definition) is 3. The van der Waals surface area contributed by atoms with Gasteiger partial charge in [0.15, 0.2) is 0 Å².